The molecule has 0 N–H and O–H groups in total. The summed E-state index contributed by atoms with van der Waals surface area (Å²) in [5.41, 5.74) is 8.81. The van der Waals surface area contributed by atoms with Crippen LogP contribution in [0.3, 0.4) is 0 Å². The highest BCUT2D eigenvalue weighted by atomic mass is 35.5. The molecule has 0 radical (unpaired) electrons. The molecule has 5 rings (SSSR count). The summed E-state index contributed by atoms with van der Waals surface area (Å²) in [5, 5.41) is 0. The standard InChI is InChI=1S/C30H33N.ClH/c1-2-9-24(10-3-1)23-25-18-21-31(22-19-25)20-8-15-30-28-13-6-4-11-26(28)16-17-27-12-5-7-14-29(27)30;/h1-7,9-15,25H,8,16-23H2;1H. The fourth-order valence-corrected chi connectivity index (χ4v) is 5.39. The summed E-state index contributed by atoms with van der Waals surface area (Å²) in [6.07, 6.45) is 9.82. The highest BCUT2D eigenvalue weighted by Crippen LogP contribution is 2.33. The molecule has 1 saturated heterocycles. The highest BCUT2D eigenvalue weighted by Gasteiger charge is 2.20. The average Bonchev–Trinajstić information content (AvgIpc) is 2.98. The second kappa shape index (κ2) is 11.0. The third kappa shape index (κ3) is 5.34. The number of aryl methyl sites for hydroxylation is 2. The van der Waals surface area contributed by atoms with Crippen LogP contribution in [-0.2, 0) is 19.3 Å². The van der Waals surface area contributed by atoms with Crippen LogP contribution in [0.15, 0.2) is 84.9 Å². The van der Waals surface area contributed by atoms with E-state index in [1.54, 1.807) is 0 Å². The number of halogens is 1. The summed E-state index contributed by atoms with van der Waals surface area (Å²) in [6, 6.07) is 29.0. The maximum Gasteiger partial charge on any atom is 0.00162 e. The van der Waals surface area contributed by atoms with Gasteiger partial charge in [-0.1, -0.05) is 84.9 Å². The van der Waals surface area contributed by atoms with Gasteiger partial charge in [-0.05, 0) is 90.9 Å². The molecule has 1 aliphatic heterocycles. The van der Waals surface area contributed by atoms with Crippen LogP contribution >= 0.6 is 12.4 Å². The van der Waals surface area contributed by atoms with Gasteiger partial charge in [0, 0.05) is 6.54 Å². The van der Waals surface area contributed by atoms with Crippen LogP contribution in [0.4, 0.5) is 0 Å². The zero-order valence-corrected chi connectivity index (χ0v) is 19.7. The average molecular weight is 444 g/mol. The molecule has 0 spiro atoms. The second-order valence-corrected chi connectivity index (χ2v) is 9.20. The Morgan fingerprint density at radius 1 is 0.719 bits per heavy atom. The monoisotopic (exact) mass is 443 g/mol. The SMILES string of the molecule is C(CCN1CCC(Cc2ccccc2)CC1)=C1c2ccccc2CCc2ccccc21.Cl. The van der Waals surface area contributed by atoms with E-state index in [0.29, 0.717) is 0 Å². The van der Waals surface area contributed by atoms with E-state index < -0.39 is 0 Å². The van der Waals surface area contributed by atoms with Crippen LogP contribution in [0.25, 0.3) is 5.57 Å². The quantitative estimate of drug-likeness (QED) is 0.411. The van der Waals surface area contributed by atoms with E-state index in [4.69, 9.17) is 0 Å². The van der Waals surface area contributed by atoms with Gasteiger partial charge in [-0.3, -0.25) is 0 Å². The molecule has 0 atom stereocenters. The minimum absolute atomic E-state index is 0. The van der Waals surface area contributed by atoms with Crippen molar-refractivity contribution in [2.24, 2.45) is 5.92 Å². The highest BCUT2D eigenvalue weighted by molar-refractivity contribution is 5.85. The van der Waals surface area contributed by atoms with Crippen molar-refractivity contribution in [2.45, 2.75) is 38.5 Å². The molecule has 2 heteroatoms. The fraction of sp³-hybridized carbons (Fsp3) is 0.333. The van der Waals surface area contributed by atoms with Crippen molar-refractivity contribution in [3.63, 3.8) is 0 Å². The zero-order valence-electron chi connectivity index (χ0n) is 18.9. The van der Waals surface area contributed by atoms with E-state index >= 15 is 0 Å². The number of likely N-dealkylation sites (tertiary alicyclic amines) is 1. The number of rotatable bonds is 5. The first-order valence-electron chi connectivity index (χ1n) is 12.0. The molecule has 3 aromatic carbocycles. The van der Waals surface area contributed by atoms with Gasteiger partial charge in [-0.15, -0.1) is 12.4 Å². The van der Waals surface area contributed by atoms with Crippen molar-refractivity contribution in [1.29, 1.82) is 0 Å². The van der Waals surface area contributed by atoms with Crippen molar-refractivity contribution in [3.8, 4) is 0 Å². The lowest BCUT2D eigenvalue weighted by Crippen LogP contribution is -2.34. The van der Waals surface area contributed by atoms with Crippen LogP contribution in [-0.4, -0.2) is 24.5 Å². The molecule has 0 saturated carbocycles. The molecule has 1 fully saturated rings. The minimum Gasteiger partial charge on any atom is -0.303 e. The van der Waals surface area contributed by atoms with Crippen molar-refractivity contribution in [3.05, 3.63) is 113 Å². The second-order valence-electron chi connectivity index (χ2n) is 9.20. The van der Waals surface area contributed by atoms with E-state index in [1.165, 1.54) is 72.3 Å². The van der Waals surface area contributed by atoms with Gasteiger partial charge in [0.15, 0.2) is 0 Å². The Labute approximate surface area is 199 Å². The van der Waals surface area contributed by atoms with E-state index in [1.807, 2.05) is 0 Å². The van der Waals surface area contributed by atoms with Crippen LogP contribution < -0.4 is 0 Å². The van der Waals surface area contributed by atoms with Crippen LogP contribution in [0, 0.1) is 5.92 Å². The lowest BCUT2D eigenvalue weighted by molar-refractivity contribution is 0.187. The van der Waals surface area contributed by atoms with Gasteiger partial charge in [0.2, 0.25) is 0 Å². The Hall–Kier alpha value is -2.35. The third-order valence-electron chi connectivity index (χ3n) is 7.15. The maximum atomic E-state index is 2.67. The molecule has 0 bridgehead atoms. The molecule has 0 amide bonds. The molecule has 3 aromatic rings. The Morgan fingerprint density at radius 3 is 1.91 bits per heavy atom. The van der Waals surface area contributed by atoms with Crippen LogP contribution in [0.2, 0.25) is 0 Å². The molecular formula is C30H34ClN. The first kappa shape index (κ1) is 22.8. The third-order valence-corrected chi connectivity index (χ3v) is 7.15. The zero-order chi connectivity index (χ0) is 20.9. The van der Waals surface area contributed by atoms with Gasteiger partial charge in [-0.25, -0.2) is 0 Å². The number of fused-ring (bicyclic) bond motifs is 2. The van der Waals surface area contributed by atoms with E-state index in [0.717, 1.165) is 25.2 Å². The van der Waals surface area contributed by atoms with E-state index in [2.05, 4.69) is 89.8 Å². The molecular weight excluding hydrogens is 410 g/mol. The Kier molecular flexibility index (Phi) is 7.84. The van der Waals surface area contributed by atoms with Gasteiger partial charge in [0.25, 0.3) is 0 Å². The molecule has 1 heterocycles. The van der Waals surface area contributed by atoms with E-state index in [-0.39, 0.29) is 12.4 Å². The summed E-state index contributed by atoms with van der Waals surface area (Å²) in [5.74, 6) is 0.845. The van der Waals surface area contributed by atoms with Gasteiger partial charge in [-0.2, -0.15) is 0 Å². The fourth-order valence-electron chi connectivity index (χ4n) is 5.39. The maximum absolute atomic E-state index is 2.67. The predicted octanol–water partition coefficient (Wildman–Crippen LogP) is 6.98. The summed E-state index contributed by atoms with van der Waals surface area (Å²) < 4.78 is 0. The van der Waals surface area contributed by atoms with Crippen molar-refractivity contribution >= 4 is 18.0 Å². The van der Waals surface area contributed by atoms with Gasteiger partial charge >= 0.3 is 0 Å². The summed E-state index contributed by atoms with van der Waals surface area (Å²) in [6.45, 7) is 3.66. The minimum atomic E-state index is 0. The van der Waals surface area contributed by atoms with Gasteiger partial charge in [0.1, 0.15) is 0 Å². The Morgan fingerprint density at radius 2 is 1.28 bits per heavy atom. The molecule has 0 aromatic heterocycles. The normalized spacial score (nSPS) is 16.4. The smallest absolute Gasteiger partial charge is 0.00162 e. The molecule has 1 nitrogen and oxygen atoms in total. The van der Waals surface area contributed by atoms with Crippen LogP contribution in [0.1, 0.15) is 47.1 Å². The Balaban J connectivity index is 0.00000245. The summed E-state index contributed by atoms with van der Waals surface area (Å²) >= 11 is 0. The molecule has 2 aliphatic rings. The van der Waals surface area contributed by atoms with Crippen molar-refractivity contribution in [2.75, 3.05) is 19.6 Å². The van der Waals surface area contributed by atoms with Crippen molar-refractivity contribution < 1.29 is 0 Å². The Bertz CT molecular complexity index is 982. The number of hydrogen-bond acceptors (Lipinski definition) is 1. The summed E-state index contributed by atoms with van der Waals surface area (Å²) in [4.78, 5) is 2.67. The molecule has 32 heavy (non-hydrogen) atoms. The molecule has 1 aliphatic carbocycles. The van der Waals surface area contributed by atoms with Gasteiger partial charge < -0.3 is 4.90 Å². The topological polar surface area (TPSA) is 3.24 Å². The van der Waals surface area contributed by atoms with Crippen LogP contribution in [0.5, 0.6) is 0 Å². The number of nitrogens with zero attached hydrogens (tertiary/aromatic N) is 1. The lowest BCUT2D eigenvalue weighted by atomic mass is 9.90. The molecule has 166 valence electrons. The number of hydrogen-bond donors (Lipinski definition) is 0. The predicted molar refractivity (Wildman–Crippen MR) is 139 cm³/mol. The first-order chi connectivity index (χ1) is 15.4. The number of benzene rings is 3. The summed E-state index contributed by atoms with van der Waals surface area (Å²) in [7, 11) is 0. The van der Waals surface area contributed by atoms with Gasteiger partial charge in [0.05, 0.1) is 0 Å². The molecule has 0 unspecified atom stereocenters. The van der Waals surface area contributed by atoms with Crippen molar-refractivity contribution in [1.82, 2.24) is 4.90 Å². The lowest BCUT2D eigenvalue weighted by Gasteiger charge is -2.31. The van der Waals surface area contributed by atoms with E-state index in [9.17, 15) is 0 Å². The first-order valence-corrected chi connectivity index (χ1v) is 12.0. The number of piperidine rings is 1. The largest absolute Gasteiger partial charge is 0.303 e.